The molecule has 1 unspecified atom stereocenters. The normalized spacial score (nSPS) is 23.6. The number of hydrogen-bond donors (Lipinski definition) is 0. The molecule has 3 aliphatic rings. The Hall–Kier alpha value is -2.37. The third kappa shape index (κ3) is 2.59. The molecular formula is C20H25N3O3. The second-order valence-corrected chi connectivity index (χ2v) is 7.74. The summed E-state index contributed by atoms with van der Waals surface area (Å²) in [5.41, 5.74) is 1.24. The predicted molar refractivity (Wildman–Crippen MR) is 97.6 cm³/mol. The van der Waals surface area contributed by atoms with Crippen LogP contribution in [0.15, 0.2) is 24.3 Å². The van der Waals surface area contributed by atoms with Gasteiger partial charge in [-0.15, -0.1) is 0 Å². The number of fused-ring (bicyclic) bond motifs is 1. The third-order valence-electron chi connectivity index (χ3n) is 6.01. The molecule has 1 aromatic rings. The van der Waals surface area contributed by atoms with Crippen LogP contribution in [0.1, 0.15) is 32.3 Å². The van der Waals surface area contributed by atoms with Gasteiger partial charge in [0, 0.05) is 44.8 Å². The SMILES string of the molecule is CC(=O)N1CCN(C(=O)C2(C(=O)N3c4ccccc4CC3C)CC2)CC1. The number of nitrogens with zero attached hydrogens (tertiary/aromatic N) is 3. The number of para-hydroxylation sites is 1. The molecule has 26 heavy (non-hydrogen) atoms. The van der Waals surface area contributed by atoms with Crippen molar-refractivity contribution in [3.8, 4) is 0 Å². The summed E-state index contributed by atoms with van der Waals surface area (Å²) in [6.07, 6.45) is 2.09. The fourth-order valence-corrected chi connectivity index (χ4v) is 4.28. The van der Waals surface area contributed by atoms with E-state index in [0.717, 1.165) is 12.1 Å². The van der Waals surface area contributed by atoms with E-state index in [0.29, 0.717) is 39.0 Å². The third-order valence-corrected chi connectivity index (χ3v) is 6.01. The minimum atomic E-state index is -0.885. The molecule has 4 rings (SSSR count). The lowest BCUT2D eigenvalue weighted by atomic mass is 10.0. The Morgan fingerprint density at radius 1 is 0.962 bits per heavy atom. The van der Waals surface area contributed by atoms with Gasteiger partial charge < -0.3 is 14.7 Å². The number of benzene rings is 1. The Labute approximate surface area is 153 Å². The van der Waals surface area contributed by atoms with E-state index in [9.17, 15) is 14.4 Å². The molecule has 3 amide bonds. The van der Waals surface area contributed by atoms with Crippen molar-refractivity contribution in [2.24, 2.45) is 5.41 Å². The number of piperazine rings is 1. The zero-order chi connectivity index (χ0) is 18.5. The van der Waals surface area contributed by atoms with E-state index in [1.807, 2.05) is 30.0 Å². The van der Waals surface area contributed by atoms with Gasteiger partial charge in [0.1, 0.15) is 5.41 Å². The molecule has 1 aromatic carbocycles. The molecule has 0 spiro atoms. The summed E-state index contributed by atoms with van der Waals surface area (Å²) in [5, 5.41) is 0. The Kier molecular flexibility index (Phi) is 4.01. The lowest BCUT2D eigenvalue weighted by molar-refractivity contribution is -0.146. The smallest absolute Gasteiger partial charge is 0.242 e. The van der Waals surface area contributed by atoms with Crippen LogP contribution in [0.25, 0.3) is 0 Å². The number of hydrogen-bond acceptors (Lipinski definition) is 3. The van der Waals surface area contributed by atoms with Gasteiger partial charge in [-0.2, -0.15) is 0 Å². The highest BCUT2D eigenvalue weighted by atomic mass is 16.2. The molecule has 2 heterocycles. The van der Waals surface area contributed by atoms with Crippen LogP contribution in [-0.2, 0) is 20.8 Å². The van der Waals surface area contributed by atoms with Crippen molar-refractivity contribution >= 4 is 23.4 Å². The van der Waals surface area contributed by atoms with Gasteiger partial charge in [-0.3, -0.25) is 14.4 Å². The van der Waals surface area contributed by atoms with E-state index >= 15 is 0 Å². The van der Waals surface area contributed by atoms with Crippen LogP contribution in [0.3, 0.4) is 0 Å². The molecule has 1 atom stereocenters. The van der Waals surface area contributed by atoms with Crippen LogP contribution in [-0.4, -0.2) is 59.7 Å². The number of rotatable bonds is 2. The average molecular weight is 355 g/mol. The van der Waals surface area contributed by atoms with Gasteiger partial charge in [-0.05, 0) is 37.8 Å². The van der Waals surface area contributed by atoms with E-state index in [2.05, 4.69) is 6.07 Å². The molecule has 0 N–H and O–H groups in total. The Balaban J connectivity index is 1.52. The number of anilines is 1. The van der Waals surface area contributed by atoms with Crippen LogP contribution in [0.4, 0.5) is 5.69 Å². The largest absolute Gasteiger partial charge is 0.339 e. The van der Waals surface area contributed by atoms with E-state index in [1.54, 1.807) is 16.7 Å². The predicted octanol–water partition coefficient (Wildman–Crippen LogP) is 1.44. The summed E-state index contributed by atoms with van der Waals surface area (Å²) in [6, 6.07) is 8.05. The maximum absolute atomic E-state index is 13.4. The van der Waals surface area contributed by atoms with E-state index in [1.165, 1.54) is 5.56 Å². The number of carbonyl (C=O) groups excluding carboxylic acids is 3. The van der Waals surface area contributed by atoms with Crippen molar-refractivity contribution in [1.82, 2.24) is 9.80 Å². The lowest BCUT2D eigenvalue weighted by Crippen LogP contribution is -2.55. The van der Waals surface area contributed by atoms with Crippen LogP contribution >= 0.6 is 0 Å². The molecule has 2 fully saturated rings. The fourth-order valence-electron chi connectivity index (χ4n) is 4.28. The van der Waals surface area contributed by atoms with Crippen molar-refractivity contribution in [1.29, 1.82) is 0 Å². The average Bonchev–Trinajstić information content (AvgIpc) is 3.38. The van der Waals surface area contributed by atoms with Gasteiger partial charge in [0.25, 0.3) is 0 Å². The lowest BCUT2D eigenvalue weighted by Gasteiger charge is -2.37. The van der Waals surface area contributed by atoms with Gasteiger partial charge in [-0.1, -0.05) is 18.2 Å². The molecule has 1 saturated carbocycles. The summed E-state index contributed by atoms with van der Waals surface area (Å²) in [5.74, 6) is -0.0620. The van der Waals surface area contributed by atoms with Crippen molar-refractivity contribution in [2.75, 3.05) is 31.1 Å². The van der Waals surface area contributed by atoms with E-state index in [-0.39, 0.29) is 23.8 Å². The summed E-state index contributed by atoms with van der Waals surface area (Å²) in [6.45, 7) is 5.72. The highest BCUT2D eigenvalue weighted by molar-refractivity contribution is 6.15. The molecule has 0 aromatic heterocycles. The maximum atomic E-state index is 13.4. The second kappa shape index (κ2) is 6.11. The minimum Gasteiger partial charge on any atom is -0.339 e. The van der Waals surface area contributed by atoms with Gasteiger partial charge in [0.05, 0.1) is 0 Å². The first-order chi connectivity index (χ1) is 12.4. The first-order valence-corrected chi connectivity index (χ1v) is 9.40. The number of carbonyl (C=O) groups is 3. The van der Waals surface area contributed by atoms with Crippen LogP contribution in [0.5, 0.6) is 0 Å². The first-order valence-electron chi connectivity index (χ1n) is 9.40. The van der Waals surface area contributed by atoms with Gasteiger partial charge in [0.2, 0.25) is 17.7 Å². The maximum Gasteiger partial charge on any atom is 0.242 e. The summed E-state index contributed by atoms with van der Waals surface area (Å²) in [4.78, 5) is 43.4. The van der Waals surface area contributed by atoms with Crippen LogP contribution in [0, 0.1) is 5.41 Å². The molecule has 6 heteroatoms. The topological polar surface area (TPSA) is 60.9 Å². The van der Waals surface area contributed by atoms with Gasteiger partial charge in [0.15, 0.2) is 0 Å². The highest BCUT2D eigenvalue weighted by Gasteiger charge is 2.60. The number of amides is 3. The fraction of sp³-hybridized carbons (Fsp3) is 0.550. The van der Waals surface area contributed by atoms with E-state index in [4.69, 9.17) is 0 Å². The summed E-state index contributed by atoms with van der Waals surface area (Å²) < 4.78 is 0. The molecule has 0 radical (unpaired) electrons. The van der Waals surface area contributed by atoms with Crippen LogP contribution in [0.2, 0.25) is 0 Å². The van der Waals surface area contributed by atoms with Gasteiger partial charge in [-0.25, -0.2) is 0 Å². The molecule has 138 valence electrons. The van der Waals surface area contributed by atoms with Crippen LogP contribution < -0.4 is 4.90 Å². The van der Waals surface area contributed by atoms with Crippen molar-refractivity contribution in [3.63, 3.8) is 0 Å². The second-order valence-electron chi connectivity index (χ2n) is 7.74. The quantitative estimate of drug-likeness (QED) is 0.754. The zero-order valence-electron chi connectivity index (χ0n) is 15.4. The van der Waals surface area contributed by atoms with Crippen molar-refractivity contribution < 1.29 is 14.4 Å². The zero-order valence-corrected chi connectivity index (χ0v) is 15.4. The first kappa shape index (κ1) is 17.1. The van der Waals surface area contributed by atoms with Crippen molar-refractivity contribution in [3.05, 3.63) is 29.8 Å². The molecule has 1 aliphatic carbocycles. The molecule has 6 nitrogen and oxygen atoms in total. The highest BCUT2D eigenvalue weighted by Crippen LogP contribution is 2.51. The summed E-state index contributed by atoms with van der Waals surface area (Å²) in [7, 11) is 0. The Morgan fingerprint density at radius 2 is 1.58 bits per heavy atom. The molecular weight excluding hydrogens is 330 g/mol. The minimum absolute atomic E-state index is 0.0387. The van der Waals surface area contributed by atoms with Gasteiger partial charge >= 0.3 is 0 Å². The molecule has 2 aliphatic heterocycles. The monoisotopic (exact) mass is 355 g/mol. The Morgan fingerprint density at radius 3 is 2.19 bits per heavy atom. The molecule has 1 saturated heterocycles. The Bertz CT molecular complexity index is 763. The van der Waals surface area contributed by atoms with E-state index < -0.39 is 5.41 Å². The van der Waals surface area contributed by atoms with Crippen molar-refractivity contribution in [2.45, 2.75) is 39.2 Å². The molecule has 0 bridgehead atoms. The summed E-state index contributed by atoms with van der Waals surface area (Å²) >= 11 is 0. The standard InChI is InChI=1S/C20H25N3O3/c1-14-13-16-5-3-4-6-17(16)23(14)19(26)20(7-8-20)18(25)22-11-9-21(10-12-22)15(2)24/h3-6,14H,7-13H2,1-2H3.